The van der Waals surface area contributed by atoms with Crippen LogP contribution in [0.2, 0.25) is 0 Å². The van der Waals surface area contributed by atoms with Gasteiger partial charge >= 0.3 is 0 Å². The van der Waals surface area contributed by atoms with Crippen LogP contribution in [0.5, 0.6) is 0 Å². The summed E-state index contributed by atoms with van der Waals surface area (Å²) in [6, 6.07) is 7.65. The molecule has 7 heteroatoms. The van der Waals surface area contributed by atoms with E-state index in [4.69, 9.17) is 0 Å². The van der Waals surface area contributed by atoms with E-state index >= 15 is 0 Å². The maximum atomic E-state index is 13.2. The van der Waals surface area contributed by atoms with E-state index < -0.39 is 10.2 Å². The Hall–Kier alpha value is -1.28. The molecule has 2 aromatic rings. The van der Waals surface area contributed by atoms with E-state index in [-0.39, 0.29) is 0 Å². The molecule has 3 rings (SSSR count). The number of nitrogens with zero attached hydrogens (tertiary/aromatic N) is 3. The smallest absolute Gasteiger partial charge is 0.260 e. The first-order valence-electron chi connectivity index (χ1n) is 8.25. The van der Waals surface area contributed by atoms with Gasteiger partial charge in [-0.05, 0) is 48.9 Å². The lowest BCUT2D eigenvalue weighted by Gasteiger charge is -2.32. The maximum Gasteiger partial charge on any atom is 0.282 e. The van der Waals surface area contributed by atoms with Crippen LogP contribution in [0.4, 0.5) is 0 Å². The van der Waals surface area contributed by atoms with Crippen LogP contribution in [-0.4, -0.2) is 35.1 Å². The summed E-state index contributed by atoms with van der Waals surface area (Å²) < 4.78 is 29.5. The zero-order valence-corrected chi connectivity index (χ0v) is 15.5. The van der Waals surface area contributed by atoms with Gasteiger partial charge in [-0.25, -0.2) is 0 Å². The summed E-state index contributed by atoms with van der Waals surface area (Å²) >= 11 is 1.61. The second kappa shape index (κ2) is 7.74. The molecular weight excluding hydrogens is 342 g/mol. The molecule has 0 N–H and O–H groups in total. The van der Waals surface area contributed by atoms with Crippen molar-refractivity contribution in [2.24, 2.45) is 0 Å². The topological polar surface area (TPSA) is 53.5 Å². The Kier molecular flexibility index (Phi) is 5.65. The first kappa shape index (κ1) is 17.5. The molecule has 5 nitrogen and oxygen atoms in total. The highest BCUT2D eigenvalue weighted by Gasteiger charge is 2.31. The number of rotatable bonds is 6. The van der Waals surface area contributed by atoms with Crippen LogP contribution in [-0.2, 0) is 23.3 Å². The van der Waals surface area contributed by atoms with Crippen LogP contribution in [0, 0.1) is 6.92 Å². The van der Waals surface area contributed by atoms with Crippen LogP contribution in [0.3, 0.4) is 0 Å². The molecule has 3 heterocycles. The van der Waals surface area contributed by atoms with Gasteiger partial charge in [0.2, 0.25) is 0 Å². The van der Waals surface area contributed by atoms with Crippen molar-refractivity contribution in [1.29, 1.82) is 0 Å². The molecule has 0 bridgehead atoms. The van der Waals surface area contributed by atoms with Crippen LogP contribution in [0.25, 0.3) is 0 Å². The van der Waals surface area contributed by atoms with Gasteiger partial charge in [0, 0.05) is 30.7 Å². The van der Waals surface area contributed by atoms with E-state index in [2.05, 4.69) is 4.98 Å². The second-order valence-corrected chi connectivity index (χ2v) is 9.01. The van der Waals surface area contributed by atoms with Gasteiger partial charge in [0.25, 0.3) is 10.2 Å². The summed E-state index contributed by atoms with van der Waals surface area (Å²) in [5.41, 5.74) is 1.91. The first-order valence-corrected chi connectivity index (χ1v) is 10.5. The van der Waals surface area contributed by atoms with Crippen molar-refractivity contribution in [2.45, 2.75) is 39.3 Å². The molecule has 0 aromatic carbocycles. The van der Waals surface area contributed by atoms with Crippen molar-refractivity contribution in [1.82, 2.24) is 13.6 Å². The predicted octanol–water partition coefficient (Wildman–Crippen LogP) is 3.18. The van der Waals surface area contributed by atoms with Crippen molar-refractivity contribution in [3.63, 3.8) is 0 Å². The molecule has 0 aliphatic carbocycles. The van der Waals surface area contributed by atoms with Gasteiger partial charge in [0.15, 0.2) is 0 Å². The monoisotopic (exact) mass is 365 g/mol. The number of hydrogen-bond donors (Lipinski definition) is 0. The van der Waals surface area contributed by atoms with Gasteiger partial charge in [0.05, 0.1) is 12.2 Å². The number of hydrogen-bond acceptors (Lipinski definition) is 4. The fraction of sp³-hybridized carbons (Fsp3) is 0.471. The summed E-state index contributed by atoms with van der Waals surface area (Å²) in [6.45, 7) is 3.96. The maximum absolute atomic E-state index is 13.2. The Labute approximate surface area is 148 Å². The Bertz CT molecular complexity index is 753. The number of thiophene rings is 1. The van der Waals surface area contributed by atoms with Crippen LogP contribution in [0.15, 0.2) is 35.8 Å². The van der Waals surface area contributed by atoms with Gasteiger partial charge < -0.3 is 0 Å². The Morgan fingerprint density at radius 1 is 1.17 bits per heavy atom. The summed E-state index contributed by atoms with van der Waals surface area (Å²) in [4.78, 5) is 5.40. The third-order valence-electron chi connectivity index (χ3n) is 4.32. The molecule has 1 fully saturated rings. The van der Waals surface area contributed by atoms with Gasteiger partial charge in [-0.3, -0.25) is 4.98 Å². The van der Waals surface area contributed by atoms with E-state index in [9.17, 15) is 8.42 Å². The molecule has 1 aliphatic rings. The average Bonchev–Trinajstić information content (AvgIpc) is 3.01. The minimum absolute atomic E-state index is 0.303. The van der Waals surface area contributed by atoms with Crippen molar-refractivity contribution >= 4 is 21.5 Å². The lowest BCUT2D eigenvalue weighted by molar-refractivity contribution is 0.296. The van der Waals surface area contributed by atoms with E-state index in [1.54, 1.807) is 26.1 Å². The minimum Gasteiger partial charge on any atom is -0.260 e. The van der Waals surface area contributed by atoms with Crippen LogP contribution >= 0.6 is 11.3 Å². The standard InChI is InChI=1S/C17H23N3O2S2/c1-15-8-12-23-17(15)14-20(13-16-7-3-4-9-18-16)24(21,22)19-10-5-2-6-11-19/h3-4,7-9,12H,2,5-6,10-11,13-14H2,1H3. The highest BCUT2D eigenvalue weighted by molar-refractivity contribution is 7.86. The highest BCUT2D eigenvalue weighted by atomic mass is 32.2. The second-order valence-electron chi connectivity index (χ2n) is 6.08. The number of pyridine rings is 1. The average molecular weight is 366 g/mol. The molecule has 0 spiro atoms. The summed E-state index contributed by atoms with van der Waals surface area (Å²) in [5, 5.41) is 2.01. The molecule has 0 saturated carbocycles. The van der Waals surface area contributed by atoms with Crippen molar-refractivity contribution in [3.05, 3.63) is 52.0 Å². The molecule has 1 aliphatic heterocycles. The number of aryl methyl sites for hydroxylation is 1. The third-order valence-corrected chi connectivity index (χ3v) is 7.26. The molecule has 0 amide bonds. The Balaban J connectivity index is 1.87. The lowest BCUT2D eigenvalue weighted by atomic mass is 10.2. The van der Waals surface area contributed by atoms with Crippen LogP contribution in [0.1, 0.15) is 35.4 Å². The molecule has 1 saturated heterocycles. The van der Waals surface area contributed by atoms with Gasteiger partial charge in [-0.1, -0.05) is 12.5 Å². The Morgan fingerprint density at radius 2 is 1.96 bits per heavy atom. The summed E-state index contributed by atoms with van der Waals surface area (Å²) in [6.07, 6.45) is 4.69. The fourth-order valence-corrected chi connectivity index (χ4v) is 5.51. The Morgan fingerprint density at radius 3 is 2.58 bits per heavy atom. The molecule has 0 unspecified atom stereocenters. The molecule has 2 aromatic heterocycles. The zero-order chi connectivity index (χ0) is 17.0. The van der Waals surface area contributed by atoms with Crippen molar-refractivity contribution < 1.29 is 8.42 Å². The lowest BCUT2D eigenvalue weighted by Crippen LogP contribution is -2.45. The molecule has 0 radical (unpaired) electrons. The van der Waals surface area contributed by atoms with Crippen molar-refractivity contribution in [2.75, 3.05) is 13.1 Å². The van der Waals surface area contributed by atoms with Gasteiger partial charge in [0.1, 0.15) is 0 Å². The third kappa shape index (κ3) is 4.03. The largest absolute Gasteiger partial charge is 0.282 e. The highest BCUT2D eigenvalue weighted by Crippen LogP contribution is 2.24. The van der Waals surface area contributed by atoms with Crippen LogP contribution < -0.4 is 0 Å². The fourth-order valence-electron chi connectivity index (χ4n) is 2.88. The first-order chi connectivity index (χ1) is 11.6. The number of piperidine rings is 1. The van der Waals surface area contributed by atoms with E-state index in [0.717, 1.165) is 35.4 Å². The van der Waals surface area contributed by atoms with Gasteiger partial charge in [-0.2, -0.15) is 17.0 Å². The van der Waals surface area contributed by atoms with E-state index in [1.165, 1.54) is 0 Å². The zero-order valence-electron chi connectivity index (χ0n) is 13.9. The van der Waals surface area contributed by atoms with E-state index in [1.807, 2.05) is 36.6 Å². The molecular formula is C17H23N3O2S2. The molecule has 130 valence electrons. The summed E-state index contributed by atoms with van der Waals surface area (Å²) in [5.74, 6) is 0. The predicted molar refractivity (Wildman–Crippen MR) is 96.9 cm³/mol. The summed E-state index contributed by atoms with van der Waals surface area (Å²) in [7, 11) is -3.48. The number of aromatic nitrogens is 1. The van der Waals surface area contributed by atoms with Crippen molar-refractivity contribution in [3.8, 4) is 0 Å². The molecule has 24 heavy (non-hydrogen) atoms. The molecule has 0 atom stereocenters. The van der Waals surface area contributed by atoms with Gasteiger partial charge in [-0.15, -0.1) is 11.3 Å². The minimum atomic E-state index is -3.48. The quantitative estimate of drug-likeness (QED) is 0.790. The van der Waals surface area contributed by atoms with E-state index in [0.29, 0.717) is 26.2 Å². The SMILES string of the molecule is Cc1ccsc1CN(Cc1ccccn1)S(=O)(=O)N1CCCCC1. The normalized spacial score (nSPS) is 16.6.